The lowest BCUT2D eigenvalue weighted by Gasteiger charge is -2.06. The minimum absolute atomic E-state index is 0.115. The average molecular weight is 365 g/mol. The number of amides is 1. The maximum Gasteiger partial charge on any atom is 0.341 e. The normalized spacial score (nSPS) is 10.5. The van der Waals surface area contributed by atoms with E-state index in [1.54, 1.807) is 43.5 Å². The van der Waals surface area contributed by atoms with E-state index in [4.69, 9.17) is 10.00 Å². The molecule has 0 saturated heterocycles. The molecule has 7 heteroatoms. The zero-order valence-electron chi connectivity index (χ0n) is 14.2. The van der Waals surface area contributed by atoms with Crippen LogP contribution < -0.4 is 5.32 Å². The Labute approximate surface area is 154 Å². The van der Waals surface area contributed by atoms with Crippen molar-refractivity contribution >= 4 is 34.3 Å². The number of ether oxygens (including phenoxy) is 1. The van der Waals surface area contributed by atoms with Gasteiger partial charge in [-0.3, -0.25) is 4.79 Å². The molecule has 1 N–H and O–H groups in total. The Bertz CT molecular complexity index is 944. The fourth-order valence-electron chi connectivity index (χ4n) is 2.13. The molecule has 0 aliphatic heterocycles. The summed E-state index contributed by atoms with van der Waals surface area (Å²) in [4.78, 5) is 24.5. The number of carbonyl (C=O) groups excluding carboxylic acids is 2. The van der Waals surface area contributed by atoms with E-state index in [2.05, 4.69) is 5.32 Å². The van der Waals surface area contributed by atoms with Gasteiger partial charge < -0.3 is 10.1 Å². The lowest BCUT2D eigenvalue weighted by atomic mass is 10.1. The van der Waals surface area contributed by atoms with Gasteiger partial charge in [0.25, 0.3) is 5.91 Å². The number of benzene rings is 1. The molecule has 1 aromatic carbocycles. The molecule has 0 aliphatic rings. The highest BCUT2D eigenvalue weighted by atomic mass is 32.1. The first-order chi connectivity index (χ1) is 12.5. The van der Waals surface area contributed by atoms with Crippen molar-refractivity contribution < 1.29 is 14.3 Å². The van der Waals surface area contributed by atoms with Gasteiger partial charge in [0, 0.05) is 0 Å². The highest BCUT2D eigenvalue weighted by Gasteiger charge is 2.20. The Hall–Kier alpha value is -3.42. The predicted octanol–water partition coefficient (Wildman–Crippen LogP) is 3.65. The van der Waals surface area contributed by atoms with Crippen molar-refractivity contribution in [3.8, 4) is 12.1 Å². The Kier molecular flexibility index (Phi) is 6.26. The van der Waals surface area contributed by atoms with Crippen LogP contribution >= 0.6 is 11.3 Å². The largest absolute Gasteiger partial charge is 0.462 e. The van der Waals surface area contributed by atoms with Crippen LogP contribution in [0.4, 0.5) is 5.00 Å². The van der Waals surface area contributed by atoms with E-state index in [-0.39, 0.29) is 12.2 Å². The Balaban J connectivity index is 2.25. The van der Waals surface area contributed by atoms with E-state index in [1.807, 2.05) is 12.1 Å². The van der Waals surface area contributed by atoms with Crippen molar-refractivity contribution in [2.75, 3.05) is 11.9 Å². The Morgan fingerprint density at radius 1 is 1.27 bits per heavy atom. The maximum atomic E-state index is 12.4. The maximum absolute atomic E-state index is 12.4. The third-order valence-corrected chi connectivity index (χ3v) is 4.41. The third-order valence-electron chi connectivity index (χ3n) is 3.40. The molecule has 0 saturated carbocycles. The van der Waals surface area contributed by atoms with Gasteiger partial charge in [-0.1, -0.05) is 12.1 Å². The van der Waals surface area contributed by atoms with Crippen molar-refractivity contribution in [2.24, 2.45) is 0 Å². The number of carbonyl (C=O) groups is 2. The predicted molar refractivity (Wildman–Crippen MR) is 98.4 cm³/mol. The number of nitrogens with zero attached hydrogens (tertiary/aromatic N) is 2. The summed E-state index contributed by atoms with van der Waals surface area (Å²) in [6.07, 6.45) is 1.42. The summed E-state index contributed by atoms with van der Waals surface area (Å²) in [5.41, 5.74) is 1.97. The number of hydrogen-bond donors (Lipinski definition) is 1. The van der Waals surface area contributed by atoms with Gasteiger partial charge in [0.05, 0.1) is 23.8 Å². The van der Waals surface area contributed by atoms with E-state index in [0.29, 0.717) is 27.3 Å². The SMILES string of the molecule is CCOC(=O)c1c(C)csc1NC(=O)/C(C#N)=C\c1ccc(C#N)cc1. The fourth-order valence-corrected chi connectivity index (χ4v) is 3.06. The van der Waals surface area contributed by atoms with Gasteiger partial charge in [0.1, 0.15) is 16.6 Å². The molecule has 2 rings (SSSR count). The van der Waals surface area contributed by atoms with Crippen molar-refractivity contribution in [1.29, 1.82) is 10.5 Å². The van der Waals surface area contributed by atoms with Gasteiger partial charge >= 0.3 is 5.97 Å². The highest BCUT2D eigenvalue weighted by Crippen LogP contribution is 2.29. The number of esters is 1. The number of nitriles is 2. The van der Waals surface area contributed by atoms with Gasteiger partial charge in [0.2, 0.25) is 0 Å². The summed E-state index contributed by atoms with van der Waals surface area (Å²) in [5, 5.41) is 22.8. The average Bonchev–Trinajstić information content (AvgIpc) is 3.00. The molecule has 0 atom stereocenters. The quantitative estimate of drug-likeness (QED) is 0.495. The van der Waals surface area contributed by atoms with E-state index < -0.39 is 11.9 Å². The number of hydrogen-bond acceptors (Lipinski definition) is 6. The zero-order valence-corrected chi connectivity index (χ0v) is 15.0. The second-order valence-corrected chi connectivity index (χ2v) is 6.08. The first-order valence-electron chi connectivity index (χ1n) is 7.68. The summed E-state index contributed by atoms with van der Waals surface area (Å²) in [6.45, 7) is 3.67. The van der Waals surface area contributed by atoms with Crippen LogP contribution in [0.25, 0.3) is 6.08 Å². The van der Waals surface area contributed by atoms with Gasteiger partial charge in [-0.25, -0.2) is 4.79 Å². The smallest absolute Gasteiger partial charge is 0.341 e. The molecule has 2 aromatic rings. The van der Waals surface area contributed by atoms with E-state index in [9.17, 15) is 14.9 Å². The summed E-state index contributed by atoms with van der Waals surface area (Å²) in [6, 6.07) is 10.3. The number of nitrogens with one attached hydrogen (secondary N) is 1. The van der Waals surface area contributed by atoms with Gasteiger partial charge in [-0.15, -0.1) is 11.3 Å². The number of aryl methyl sites for hydroxylation is 1. The van der Waals surface area contributed by atoms with E-state index in [0.717, 1.165) is 0 Å². The number of thiophene rings is 1. The van der Waals surface area contributed by atoms with Crippen LogP contribution in [0.15, 0.2) is 35.2 Å². The highest BCUT2D eigenvalue weighted by molar-refractivity contribution is 7.15. The standard InChI is InChI=1S/C19H15N3O3S/c1-3-25-19(24)16-12(2)11-26-18(16)22-17(23)15(10-21)8-13-4-6-14(9-20)7-5-13/h4-8,11H,3H2,1-2H3,(H,22,23)/b15-8-. The topological polar surface area (TPSA) is 103 Å². The van der Waals surface area contributed by atoms with Crippen molar-refractivity contribution in [3.63, 3.8) is 0 Å². The molecular weight excluding hydrogens is 350 g/mol. The number of rotatable bonds is 5. The molecule has 1 aromatic heterocycles. The summed E-state index contributed by atoms with van der Waals surface area (Å²) in [5.74, 6) is -1.14. The lowest BCUT2D eigenvalue weighted by Crippen LogP contribution is -2.16. The van der Waals surface area contributed by atoms with Crippen LogP contribution in [0.5, 0.6) is 0 Å². The Morgan fingerprint density at radius 2 is 1.96 bits per heavy atom. The molecular formula is C19H15N3O3S. The van der Waals surface area contributed by atoms with Crippen LogP contribution in [-0.2, 0) is 9.53 Å². The first kappa shape index (κ1) is 18.9. The minimum Gasteiger partial charge on any atom is -0.462 e. The monoisotopic (exact) mass is 365 g/mol. The molecule has 0 spiro atoms. The molecule has 0 fully saturated rings. The van der Waals surface area contributed by atoms with Gasteiger partial charge in [-0.05, 0) is 48.6 Å². The summed E-state index contributed by atoms with van der Waals surface area (Å²) >= 11 is 1.19. The van der Waals surface area contributed by atoms with Crippen LogP contribution in [0.1, 0.15) is 34.0 Å². The number of anilines is 1. The molecule has 0 radical (unpaired) electrons. The first-order valence-corrected chi connectivity index (χ1v) is 8.56. The second kappa shape index (κ2) is 8.61. The van der Waals surface area contributed by atoms with Crippen LogP contribution in [-0.4, -0.2) is 18.5 Å². The zero-order chi connectivity index (χ0) is 19.1. The molecule has 0 bridgehead atoms. The van der Waals surface area contributed by atoms with Crippen LogP contribution in [0, 0.1) is 29.6 Å². The molecule has 0 aliphatic carbocycles. The lowest BCUT2D eigenvalue weighted by molar-refractivity contribution is -0.112. The molecule has 1 amide bonds. The van der Waals surface area contributed by atoms with E-state index >= 15 is 0 Å². The van der Waals surface area contributed by atoms with Crippen molar-refractivity contribution in [3.05, 3.63) is 57.5 Å². The third kappa shape index (κ3) is 4.35. The molecule has 26 heavy (non-hydrogen) atoms. The molecule has 0 unspecified atom stereocenters. The summed E-state index contributed by atoms with van der Waals surface area (Å²) < 4.78 is 5.00. The fraction of sp³-hybridized carbons (Fsp3) is 0.158. The minimum atomic E-state index is -0.621. The van der Waals surface area contributed by atoms with Crippen LogP contribution in [0.2, 0.25) is 0 Å². The van der Waals surface area contributed by atoms with Gasteiger partial charge in [0.15, 0.2) is 0 Å². The van der Waals surface area contributed by atoms with E-state index in [1.165, 1.54) is 17.4 Å². The van der Waals surface area contributed by atoms with Crippen LogP contribution in [0.3, 0.4) is 0 Å². The molecule has 1 heterocycles. The summed E-state index contributed by atoms with van der Waals surface area (Å²) in [7, 11) is 0. The van der Waals surface area contributed by atoms with Gasteiger partial charge in [-0.2, -0.15) is 10.5 Å². The Morgan fingerprint density at radius 3 is 2.54 bits per heavy atom. The molecule has 130 valence electrons. The van der Waals surface area contributed by atoms with Crippen molar-refractivity contribution in [1.82, 2.24) is 0 Å². The molecule has 6 nitrogen and oxygen atoms in total. The second-order valence-electron chi connectivity index (χ2n) is 5.20. The van der Waals surface area contributed by atoms with Crippen molar-refractivity contribution in [2.45, 2.75) is 13.8 Å².